The van der Waals surface area contributed by atoms with Crippen LogP contribution in [-0.4, -0.2) is 61.4 Å². The topological polar surface area (TPSA) is 99.2 Å². The molecule has 1 aliphatic rings. The molecule has 0 amide bonds. The van der Waals surface area contributed by atoms with Crippen molar-refractivity contribution < 1.29 is 13.6 Å². The number of sulfonamides is 1. The van der Waals surface area contributed by atoms with Crippen molar-refractivity contribution in [2.75, 3.05) is 32.7 Å². The summed E-state index contributed by atoms with van der Waals surface area (Å²) in [6.07, 6.45) is 0. The summed E-state index contributed by atoms with van der Waals surface area (Å²) >= 11 is 5.97. The van der Waals surface area contributed by atoms with Crippen molar-refractivity contribution in [2.24, 2.45) is 10.9 Å². The Kier molecular flexibility index (Phi) is 5.04. The lowest BCUT2D eigenvalue weighted by Gasteiger charge is -2.33. The zero-order chi connectivity index (χ0) is 15.5. The highest BCUT2D eigenvalue weighted by molar-refractivity contribution is 7.89. The van der Waals surface area contributed by atoms with Crippen molar-refractivity contribution in [3.63, 3.8) is 0 Å². The molecular formula is C12H17ClN4O3S. The largest absolute Gasteiger partial charge is 0.409 e. The van der Waals surface area contributed by atoms with Gasteiger partial charge in [-0.25, -0.2) is 8.42 Å². The van der Waals surface area contributed by atoms with Gasteiger partial charge in [0.15, 0.2) is 5.84 Å². The van der Waals surface area contributed by atoms with Crippen LogP contribution >= 0.6 is 11.6 Å². The van der Waals surface area contributed by atoms with E-state index in [2.05, 4.69) is 5.16 Å². The first-order chi connectivity index (χ1) is 9.95. The van der Waals surface area contributed by atoms with Gasteiger partial charge >= 0.3 is 0 Å². The number of amidine groups is 1. The smallest absolute Gasteiger partial charge is 0.244 e. The molecule has 1 aromatic carbocycles. The van der Waals surface area contributed by atoms with E-state index in [0.29, 0.717) is 32.7 Å². The molecule has 0 saturated carbocycles. The first-order valence-corrected chi connectivity index (χ1v) is 8.20. The van der Waals surface area contributed by atoms with E-state index >= 15 is 0 Å². The van der Waals surface area contributed by atoms with Crippen LogP contribution in [0.15, 0.2) is 34.3 Å². The summed E-state index contributed by atoms with van der Waals surface area (Å²) in [6.45, 7) is 2.02. The number of nitrogens with zero attached hydrogens (tertiary/aromatic N) is 3. The monoisotopic (exact) mass is 332 g/mol. The minimum Gasteiger partial charge on any atom is -0.409 e. The van der Waals surface area contributed by atoms with Crippen molar-refractivity contribution in [1.82, 2.24) is 9.21 Å². The maximum absolute atomic E-state index is 12.5. The van der Waals surface area contributed by atoms with Gasteiger partial charge in [-0.3, -0.25) is 4.90 Å². The van der Waals surface area contributed by atoms with E-state index in [-0.39, 0.29) is 15.8 Å². The van der Waals surface area contributed by atoms with Gasteiger partial charge in [-0.05, 0) is 12.1 Å². The summed E-state index contributed by atoms with van der Waals surface area (Å²) in [6, 6.07) is 6.40. The minimum absolute atomic E-state index is 0.109. The molecule has 3 N–H and O–H groups in total. The number of halogens is 1. The van der Waals surface area contributed by atoms with Crippen LogP contribution in [0.25, 0.3) is 0 Å². The molecule has 21 heavy (non-hydrogen) atoms. The zero-order valence-electron chi connectivity index (χ0n) is 11.3. The predicted octanol–water partition coefficient (Wildman–Crippen LogP) is 0.393. The molecule has 0 radical (unpaired) electrons. The van der Waals surface area contributed by atoms with Gasteiger partial charge < -0.3 is 10.9 Å². The first kappa shape index (κ1) is 16.0. The van der Waals surface area contributed by atoms with Gasteiger partial charge in [-0.2, -0.15) is 4.31 Å². The van der Waals surface area contributed by atoms with Gasteiger partial charge in [0.05, 0.1) is 11.6 Å². The molecule has 0 bridgehead atoms. The molecule has 2 rings (SSSR count). The Labute approximate surface area is 128 Å². The molecule has 0 unspecified atom stereocenters. The fraction of sp³-hybridized carbons (Fsp3) is 0.417. The van der Waals surface area contributed by atoms with E-state index in [4.69, 9.17) is 22.5 Å². The fourth-order valence-corrected chi connectivity index (χ4v) is 4.10. The molecule has 1 aliphatic heterocycles. The second-order valence-electron chi connectivity index (χ2n) is 4.70. The predicted molar refractivity (Wildman–Crippen MR) is 80.1 cm³/mol. The highest BCUT2D eigenvalue weighted by atomic mass is 35.5. The van der Waals surface area contributed by atoms with Gasteiger partial charge in [0, 0.05) is 26.2 Å². The van der Waals surface area contributed by atoms with Crippen LogP contribution in [0.5, 0.6) is 0 Å². The number of oxime groups is 1. The SMILES string of the molecule is NC(CN1CCN(S(=O)(=O)c2ccccc2Cl)CC1)=NO. The third-order valence-electron chi connectivity index (χ3n) is 3.30. The Bertz CT molecular complexity index is 627. The number of hydrogen-bond donors (Lipinski definition) is 2. The van der Waals surface area contributed by atoms with Crippen molar-refractivity contribution in [3.8, 4) is 0 Å². The molecule has 0 aliphatic carbocycles. The van der Waals surface area contributed by atoms with Gasteiger partial charge in [-0.15, -0.1) is 0 Å². The van der Waals surface area contributed by atoms with Crippen LogP contribution in [0.1, 0.15) is 0 Å². The standard InChI is InChI=1S/C12H17ClN4O3S/c13-10-3-1-2-4-11(10)21(19,20)17-7-5-16(6-8-17)9-12(14)15-18/h1-4,18H,5-9H2,(H2,14,15). The van der Waals surface area contributed by atoms with Gasteiger partial charge in [0.2, 0.25) is 10.0 Å². The molecule has 1 fully saturated rings. The van der Waals surface area contributed by atoms with E-state index < -0.39 is 10.0 Å². The lowest BCUT2D eigenvalue weighted by molar-refractivity contribution is 0.206. The van der Waals surface area contributed by atoms with Crippen LogP contribution < -0.4 is 5.73 Å². The highest BCUT2D eigenvalue weighted by Gasteiger charge is 2.29. The molecule has 0 aromatic heterocycles. The summed E-state index contributed by atoms with van der Waals surface area (Å²) in [5, 5.41) is 11.7. The third kappa shape index (κ3) is 3.65. The Morgan fingerprint density at radius 2 is 1.90 bits per heavy atom. The van der Waals surface area contributed by atoms with E-state index in [0.717, 1.165) is 0 Å². The number of piperazine rings is 1. The summed E-state index contributed by atoms with van der Waals surface area (Å²) in [7, 11) is -3.59. The maximum Gasteiger partial charge on any atom is 0.244 e. The number of rotatable bonds is 4. The van der Waals surface area contributed by atoms with Crippen molar-refractivity contribution in [2.45, 2.75) is 4.90 Å². The van der Waals surface area contributed by atoms with Gasteiger partial charge in [0.25, 0.3) is 0 Å². The quantitative estimate of drug-likeness (QED) is 0.360. The second-order valence-corrected chi connectivity index (χ2v) is 7.02. The molecule has 1 heterocycles. The number of nitrogens with two attached hydrogens (primary N) is 1. The van der Waals surface area contributed by atoms with Crippen LogP contribution in [0.4, 0.5) is 0 Å². The van der Waals surface area contributed by atoms with Crippen molar-refractivity contribution in [3.05, 3.63) is 29.3 Å². The van der Waals surface area contributed by atoms with E-state index in [1.54, 1.807) is 18.2 Å². The van der Waals surface area contributed by atoms with Crippen LogP contribution in [-0.2, 0) is 10.0 Å². The average molecular weight is 333 g/mol. The van der Waals surface area contributed by atoms with Crippen molar-refractivity contribution in [1.29, 1.82) is 0 Å². The first-order valence-electron chi connectivity index (χ1n) is 6.38. The summed E-state index contributed by atoms with van der Waals surface area (Å²) < 4.78 is 26.5. The minimum atomic E-state index is -3.59. The lowest BCUT2D eigenvalue weighted by atomic mass is 10.3. The maximum atomic E-state index is 12.5. The lowest BCUT2D eigenvalue weighted by Crippen LogP contribution is -2.50. The van der Waals surface area contributed by atoms with E-state index in [1.807, 2.05) is 4.90 Å². The summed E-state index contributed by atoms with van der Waals surface area (Å²) in [5.41, 5.74) is 5.44. The van der Waals surface area contributed by atoms with Crippen molar-refractivity contribution >= 4 is 27.5 Å². The molecule has 116 valence electrons. The molecule has 0 spiro atoms. The Balaban J connectivity index is 2.07. The normalized spacial score (nSPS) is 18.8. The van der Waals surface area contributed by atoms with E-state index in [1.165, 1.54) is 10.4 Å². The Morgan fingerprint density at radius 3 is 2.48 bits per heavy atom. The molecule has 7 nitrogen and oxygen atoms in total. The molecule has 0 atom stereocenters. The second kappa shape index (κ2) is 6.61. The Hall–Kier alpha value is -1.35. The van der Waals surface area contributed by atoms with Gasteiger partial charge in [0.1, 0.15) is 4.90 Å². The van der Waals surface area contributed by atoms with Gasteiger partial charge in [-0.1, -0.05) is 28.9 Å². The zero-order valence-corrected chi connectivity index (χ0v) is 12.9. The van der Waals surface area contributed by atoms with Crippen LogP contribution in [0.2, 0.25) is 5.02 Å². The summed E-state index contributed by atoms with van der Waals surface area (Å²) in [4.78, 5) is 2.05. The molecular weight excluding hydrogens is 316 g/mol. The number of benzene rings is 1. The van der Waals surface area contributed by atoms with E-state index in [9.17, 15) is 8.42 Å². The number of hydrogen-bond acceptors (Lipinski definition) is 5. The van der Waals surface area contributed by atoms with Crippen LogP contribution in [0, 0.1) is 0 Å². The fourth-order valence-electron chi connectivity index (χ4n) is 2.18. The third-order valence-corrected chi connectivity index (χ3v) is 5.70. The van der Waals surface area contributed by atoms with Crippen LogP contribution in [0.3, 0.4) is 0 Å². The molecule has 1 aromatic rings. The summed E-state index contributed by atoms with van der Waals surface area (Å²) in [5.74, 6) is 0.109. The molecule has 1 saturated heterocycles. The Morgan fingerprint density at radius 1 is 1.29 bits per heavy atom. The average Bonchev–Trinajstić information content (AvgIpc) is 2.48. The molecule has 9 heteroatoms. The highest BCUT2D eigenvalue weighted by Crippen LogP contribution is 2.24.